The molecule has 0 radical (unpaired) electrons. The highest BCUT2D eigenvalue weighted by atomic mass is 19.1. The highest BCUT2D eigenvalue weighted by Gasteiger charge is 2.07. The van der Waals surface area contributed by atoms with Crippen molar-refractivity contribution in [2.75, 3.05) is 11.9 Å². The van der Waals surface area contributed by atoms with E-state index in [-0.39, 0.29) is 12.2 Å². The Bertz CT molecular complexity index is 596. The Hall–Kier alpha value is -2.36. The first kappa shape index (κ1) is 14.1. The van der Waals surface area contributed by atoms with Crippen molar-refractivity contribution in [1.29, 1.82) is 0 Å². The van der Waals surface area contributed by atoms with Crippen molar-refractivity contribution in [3.63, 3.8) is 0 Å². The zero-order valence-electron chi connectivity index (χ0n) is 11.2. The van der Waals surface area contributed by atoms with Crippen molar-refractivity contribution in [2.24, 2.45) is 0 Å². The number of carboxylic acids is 1. The Balaban J connectivity index is 2.08. The average molecular weight is 273 g/mol. The van der Waals surface area contributed by atoms with E-state index < -0.39 is 5.97 Å². The minimum absolute atomic E-state index is 0.0112. The van der Waals surface area contributed by atoms with Crippen LogP contribution in [0.3, 0.4) is 0 Å². The number of hydrogen-bond donors (Lipinski definition) is 1. The van der Waals surface area contributed by atoms with Crippen LogP contribution in [0.5, 0.6) is 0 Å². The highest BCUT2D eigenvalue weighted by molar-refractivity contribution is 5.70. The number of benzene rings is 2. The van der Waals surface area contributed by atoms with Crippen LogP contribution >= 0.6 is 0 Å². The largest absolute Gasteiger partial charge is 0.481 e. The van der Waals surface area contributed by atoms with Crippen LogP contribution in [0, 0.1) is 5.82 Å². The van der Waals surface area contributed by atoms with Crippen molar-refractivity contribution in [1.82, 2.24) is 0 Å². The molecule has 2 rings (SSSR count). The second kappa shape index (κ2) is 6.19. The third-order valence-electron chi connectivity index (χ3n) is 3.10. The smallest absolute Gasteiger partial charge is 0.307 e. The van der Waals surface area contributed by atoms with Gasteiger partial charge in [-0.2, -0.15) is 0 Å². The van der Waals surface area contributed by atoms with Gasteiger partial charge in [-0.05, 0) is 23.8 Å². The summed E-state index contributed by atoms with van der Waals surface area (Å²) in [4.78, 5) is 12.5. The molecule has 20 heavy (non-hydrogen) atoms. The Morgan fingerprint density at radius 1 is 1.15 bits per heavy atom. The molecule has 3 nitrogen and oxygen atoms in total. The van der Waals surface area contributed by atoms with Gasteiger partial charge in [-0.1, -0.05) is 30.3 Å². The standard InChI is InChI=1S/C16H16FNO2/c1-18(11-13-4-2-3-5-15(13)17)14-8-6-12(7-9-14)10-16(19)20/h2-9H,10-11H2,1H3,(H,19,20). The van der Waals surface area contributed by atoms with Crippen LogP contribution < -0.4 is 4.90 Å². The van der Waals surface area contributed by atoms with Gasteiger partial charge in [0.15, 0.2) is 0 Å². The van der Waals surface area contributed by atoms with Crippen LogP contribution in [-0.2, 0) is 17.8 Å². The van der Waals surface area contributed by atoms with Crippen molar-refractivity contribution in [2.45, 2.75) is 13.0 Å². The van der Waals surface area contributed by atoms with Crippen molar-refractivity contribution >= 4 is 11.7 Å². The van der Waals surface area contributed by atoms with Crippen molar-refractivity contribution in [3.8, 4) is 0 Å². The van der Waals surface area contributed by atoms with Gasteiger partial charge in [0, 0.05) is 24.8 Å². The van der Waals surface area contributed by atoms with Gasteiger partial charge >= 0.3 is 5.97 Å². The summed E-state index contributed by atoms with van der Waals surface area (Å²) in [6.45, 7) is 0.463. The number of carbonyl (C=O) groups is 1. The number of halogens is 1. The molecule has 0 bridgehead atoms. The van der Waals surface area contributed by atoms with E-state index in [0.29, 0.717) is 12.1 Å². The monoisotopic (exact) mass is 273 g/mol. The second-order valence-corrected chi connectivity index (χ2v) is 4.68. The second-order valence-electron chi connectivity index (χ2n) is 4.68. The first-order chi connectivity index (χ1) is 9.56. The number of anilines is 1. The molecule has 0 unspecified atom stereocenters. The lowest BCUT2D eigenvalue weighted by Gasteiger charge is -2.20. The maximum atomic E-state index is 13.6. The van der Waals surface area contributed by atoms with Crippen LogP contribution in [0.25, 0.3) is 0 Å². The molecule has 0 fully saturated rings. The molecule has 0 amide bonds. The first-order valence-electron chi connectivity index (χ1n) is 6.31. The molecule has 1 N–H and O–H groups in total. The summed E-state index contributed by atoms with van der Waals surface area (Å²) in [5.41, 5.74) is 2.30. The van der Waals surface area contributed by atoms with Gasteiger partial charge in [0.25, 0.3) is 0 Å². The van der Waals surface area contributed by atoms with E-state index in [4.69, 9.17) is 5.11 Å². The summed E-state index contributed by atoms with van der Waals surface area (Å²) in [5.74, 6) is -1.07. The van der Waals surface area contributed by atoms with E-state index in [0.717, 1.165) is 11.3 Å². The fraction of sp³-hybridized carbons (Fsp3) is 0.188. The van der Waals surface area contributed by atoms with E-state index in [1.165, 1.54) is 6.07 Å². The Kier molecular flexibility index (Phi) is 4.35. The zero-order chi connectivity index (χ0) is 14.5. The first-order valence-corrected chi connectivity index (χ1v) is 6.31. The summed E-state index contributed by atoms with van der Waals surface area (Å²) in [5, 5.41) is 8.72. The van der Waals surface area contributed by atoms with Crippen LogP contribution in [-0.4, -0.2) is 18.1 Å². The van der Waals surface area contributed by atoms with Crippen molar-refractivity contribution in [3.05, 3.63) is 65.5 Å². The SMILES string of the molecule is CN(Cc1ccccc1F)c1ccc(CC(=O)O)cc1. The molecule has 2 aromatic carbocycles. The Morgan fingerprint density at radius 3 is 2.40 bits per heavy atom. The summed E-state index contributed by atoms with van der Waals surface area (Å²) in [6, 6.07) is 13.9. The molecule has 0 aliphatic rings. The topological polar surface area (TPSA) is 40.5 Å². The predicted octanol–water partition coefficient (Wildman–Crippen LogP) is 3.09. The van der Waals surface area contributed by atoms with Crippen LogP contribution in [0.1, 0.15) is 11.1 Å². The molecule has 4 heteroatoms. The third kappa shape index (κ3) is 3.57. The number of aliphatic carboxylic acids is 1. The molecule has 0 saturated heterocycles. The summed E-state index contributed by atoms with van der Waals surface area (Å²) < 4.78 is 13.6. The maximum absolute atomic E-state index is 13.6. The molecule has 0 aliphatic carbocycles. The third-order valence-corrected chi connectivity index (χ3v) is 3.10. The summed E-state index contributed by atoms with van der Waals surface area (Å²) >= 11 is 0. The number of hydrogen-bond acceptors (Lipinski definition) is 2. The summed E-state index contributed by atoms with van der Waals surface area (Å²) in [6.07, 6.45) is 0.0112. The van der Waals surface area contributed by atoms with Crippen LogP contribution in [0.15, 0.2) is 48.5 Å². The average Bonchev–Trinajstić information content (AvgIpc) is 2.41. The predicted molar refractivity (Wildman–Crippen MR) is 76.3 cm³/mol. The minimum atomic E-state index is -0.850. The molecule has 104 valence electrons. The van der Waals surface area contributed by atoms with Gasteiger partial charge in [-0.15, -0.1) is 0 Å². The lowest BCUT2D eigenvalue weighted by Crippen LogP contribution is -2.17. The lowest BCUT2D eigenvalue weighted by molar-refractivity contribution is -0.136. The Labute approximate surface area is 117 Å². The lowest BCUT2D eigenvalue weighted by atomic mass is 10.1. The molecule has 0 heterocycles. The van der Waals surface area contributed by atoms with E-state index in [9.17, 15) is 9.18 Å². The molecule has 0 saturated carbocycles. The molecule has 0 aromatic heterocycles. The van der Waals surface area contributed by atoms with Crippen molar-refractivity contribution < 1.29 is 14.3 Å². The van der Waals surface area contributed by atoms with E-state index in [1.807, 2.05) is 30.1 Å². The fourth-order valence-corrected chi connectivity index (χ4v) is 2.02. The molecule has 0 spiro atoms. The van der Waals surface area contributed by atoms with Gasteiger partial charge in [0.05, 0.1) is 6.42 Å². The minimum Gasteiger partial charge on any atom is -0.481 e. The zero-order valence-corrected chi connectivity index (χ0v) is 11.2. The highest BCUT2D eigenvalue weighted by Crippen LogP contribution is 2.18. The quantitative estimate of drug-likeness (QED) is 0.910. The molecular weight excluding hydrogens is 257 g/mol. The summed E-state index contributed by atoms with van der Waals surface area (Å²) in [7, 11) is 1.87. The van der Waals surface area contributed by atoms with Gasteiger partial charge in [0.1, 0.15) is 5.82 Å². The molecule has 0 aliphatic heterocycles. The number of nitrogens with zero attached hydrogens (tertiary/aromatic N) is 1. The molecular formula is C16H16FNO2. The number of carboxylic acid groups (broad SMARTS) is 1. The molecule has 0 atom stereocenters. The van der Waals surface area contributed by atoms with E-state index in [2.05, 4.69) is 0 Å². The fourth-order valence-electron chi connectivity index (χ4n) is 2.02. The normalized spacial score (nSPS) is 10.3. The van der Waals surface area contributed by atoms with E-state index >= 15 is 0 Å². The van der Waals surface area contributed by atoms with E-state index in [1.54, 1.807) is 24.3 Å². The maximum Gasteiger partial charge on any atom is 0.307 e. The van der Waals surface area contributed by atoms with Crippen LogP contribution in [0.2, 0.25) is 0 Å². The van der Waals surface area contributed by atoms with Gasteiger partial charge in [-0.3, -0.25) is 4.79 Å². The van der Waals surface area contributed by atoms with Gasteiger partial charge in [0.2, 0.25) is 0 Å². The Morgan fingerprint density at radius 2 is 1.80 bits per heavy atom. The van der Waals surface area contributed by atoms with Gasteiger partial charge < -0.3 is 10.0 Å². The van der Waals surface area contributed by atoms with Crippen LogP contribution in [0.4, 0.5) is 10.1 Å². The number of rotatable bonds is 5. The molecule has 2 aromatic rings. The van der Waals surface area contributed by atoms with Gasteiger partial charge in [-0.25, -0.2) is 4.39 Å².